The molecule has 2 rings (SSSR count). The summed E-state index contributed by atoms with van der Waals surface area (Å²) in [4.78, 5) is 14.7. The third kappa shape index (κ3) is 5.71. The van der Waals surface area contributed by atoms with E-state index in [-0.39, 0.29) is 12.5 Å². The van der Waals surface area contributed by atoms with Gasteiger partial charge in [0.1, 0.15) is 6.54 Å². The highest BCUT2D eigenvalue weighted by Crippen LogP contribution is 2.26. The Hall–Kier alpha value is -1.60. The van der Waals surface area contributed by atoms with Gasteiger partial charge in [0.2, 0.25) is 15.9 Å². The van der Waals surface area contributed by atoms with E-state index in [9.17, 15) is 13.2 Å². The van der Waals surface area contributed by atoms with Crippen LogP contribution in [-0.4, -0.2) is 58.2 Å². The summed E-state index contributed by atoms with van der Waals surface area (Å²) in [5.74, 6) is -0.269. The van der Waals surface area contributed by atoms with Crippen LogP contribution in [0.15, 0.2) is 18.2 Å². The molecule has 1 saturated heterocycles. The first-order chi connectivity index (χ1) is 11.8. The van der Waals surface area contributed by atoms with Crippen LogP contribution in [0.3, 0.4) is 0 Å². The molecule has 0 aliphatic carbocycles. The normalized spacial score (nSPS) is 15.3. The van der Waals surface area contributed by atoms with Gasteiger partial charge >= 0.3 is 0 Å². The Kier molecular flexibility index (Phi) is 6.84. The summed E-state index contributed by atoms with van der Waals surface area (Å²) >= 11 is 0. The summed E-state index contributed by atoms with van der Waals surface area (Å²) in [6, 6.07) is 5.59. The molecule has 0 spiro atoms. The zero-order valence-electron chi connectivity index (χ0n) is 15.4. The molecule has 0 aromatic heterocycles. The van der Waals surface area contributed by atoms with E-state index in [2.05, 4.69) is 10.2 Å². The van der Waals surface area contributed by atoms with Crippen molar-refractivity contribution in [1.29, 1.82) is 0 Å². The average molecular weight is 368 g/mol. The van der Waals surface area contributed by atoms with Gasteiger partial charge in [-0.15, -0.1) is 0 Å². The van der Waals surface area contributed by atoms with Crippen molar-refractivity contribution in [3.8, 4) is 0 Å². The Morgan fingerprint density at radius 1 is 1.20 bits per heavy atom. The minimum Gasteiger partial charge on any atom is -0.354 e. The third-order valence-electron chi connectivity index (χ3n) is 4.55. The van der Waals surface area contributed by atoms with Gasteiger partial charge in [-0.05, 0) is 63.9 Å². The first-order valence-corrected chi connectivity index (χ1v) is 10.7. The molecule has 7 heteroatoms. The van der Waals surface area contributed by atoms with Crippen molar-refractivity contribution in [2.75, 3.05) is 43.3 Å². The van der Waals surface area contributed by atoms with Crippen LogP contribution in [-0.2, 0) is 14.8 Å². The molecule has 25 heavy (non-hydrogen) atoms. The van der Waals surface area contributed by atoms with Gasteiger partial charge in [0.15, 0.2) is 0 Å². The molecule has 140 valence electrons. The van der Waals surface area contributed by atoms with E-state index in [4.69, 9.17) is 0 Å². The molecule has 0 unspecified atom stereocenters. The van der Waals surface area contributed by atoms with E-state index in [0.29, 0.717) is 12.2 Å². The molecule has 1 heterocycles. The molecule has 6 nitrogen and oxygen atoms in total. The number of para-hydroxylation sites is 1. The Morgan fingerprint density at radius 3 is 2.36 bits per heavy atom. The highest BCUT2D eigenvalue weighted by molar-refractivity contribution is 7.92. The number of aryl methyl sites for hydroxylation is 2. The highest BCUT2D eigenvalue weighted by atomic mass is 32.2. The van der Waals surface area contributed by atoms with E-state index in [1.54, 1.807) is 0 Å². The quantitative estimate of drug-likeness (QED) is 0.710. The maximum Gasteiger partial charge on any atom is 0.240 e. The smallest absolute Gasteiger partial charge is 0.240 e. The van der Waals surface area contributed by atoms with Crippen molar-refractivity contribution in [2.45, 2.75) is 33.1 Å². The molecular weight excluding hydrogens is 338 g/mol. The monoisotopic (exact) mass is 367 g/mol. The van der Waals surface area contributed by atoms with Crippen LogP contribution in [0.1, 0.15) is 30.4 Å². The van der Waals surface area contributed by atoms with Crippen LogP contribution in [0.2, 0.25) is 0 Å². The Morgan fingerprint density at radius 2 is 1.80 bits per heavy atom. The zero-order chi connectivity index (χ0) is 18.4. The lowest BCUT2D eigenvalue weighted by Gasteiger charge is -2.25. The van der Waals surface area contributed by atoms with Crippen LogP contribution in [0.25, 0.3) is 0 Å². The van der Waals surface area contributed by atoms with Crippen molar-refractivity contribution in [2.24, 2.45) is 0 Å². The number of nitrogens with one attached hydrogen (secondary N) is 1. The average Bonchev–Trinajstić information content (AvgIpc) is 3.03. The highest BCUT2D eigenvalue weighted by Gasteiger charge is 2.23. The molecule has 0 atom stereocenters. The number of benzene rings is 1. The lowest BCUT2D eigenvalue weighted by molar-refractivity contribution is -0.119. The van der Waals surface area contributed by atoms with E-state index in [1.165, 1.54) is 17.1 Å². The van der Waals surface area contributed by atoms with Gasteiger partial charge in [0, 0.05) is 6.54 Å². The van der Waals surface area contributed by atoms with Gasteiger partial charge in [0.05, 0.1) is 11.9 Å². The molecule has 1 N–H and O–H groups in total. The van der Waals surface area contributed by atoms with Crippen LogP contribution in [0.5, 0.6) is 0 Å². The molecule has 0 bridgehead atoms. The molecule has 0 radical (unpaired) electrons. The van der Waals surface area contributed by atoms with Gasteiger partial charge in [-0.1, -0.05) is 18.2 Å². The van der Waals surface area contributed by atoms with Gasteiger partial charge in [-0.2, -0.15) is 0 Å². The van der Waals surface area contributed by atoms with Gasteiger partial charge in [-0.3, -0.25) is 9.10 Å². The summed E-state index contributed by atoms with van der Waals surface area (Å²) < 4.78 is 25.6. The predicted octanol–water partition coefficient (Wildman–Crippen LogP) is 1.67. The van der Waals surface area contributed by atoms with E-state index in [0.717, 1.165) is 43.4 Å². The van der Waals surface area contributed by atoms with E-state index >= 15 is 0 Å². The molecule has 1 amide bonds. The van der Waals surface area contributed by atoms with Crippen LogP contribution in [0, 0.1) is 13.8 Å². The number of rotatable bonds is 8. The summed E-state index contributed by atoms with van der Waals surface area (Å²) in [7, 11) is -3.54. The van der Waals surface area contributed by atoms with Gasteiger partial charge in [-0.25, -0.2) is 8.42 Å². The summed E-state index contributed by atoms with van der Waals surface area (Å²) in [6.45, 7) is 7.36. The number of carbonyl (C=O) groups excluding carboxylic acids is 1. The minimum atomic E-state index is -3.54. The van der Waals surface area contributed by atoms with Crippen LogP contribution < -0.4 is 9.62 Å². The molecular formula is C18H29N3O3S. The second-order valence-electron chi connectivity index (χ2n) is 6.76. The molecule has 1 aromatic carbocycles. The number of anilines is 1. The lowest BCUT2D eigenvalue weighted by Crippen LogP contribution is -2.41. The Balaban J connectivity index is 1.94. The van der Waals surface area contributed by atoms with Crippen LogP contribution in [0.4, 0.5) is 5.69 Å². The number of likely N-dealkylation sites (tertiary alicyclic amines) is 1. The molecule has 1 aromatic rings. The number of hydrogen-bond donors (Lipinski definition) is 1. The maximum atomic E-state index is 12.3. The van der Waals surface area contributed by atoms with Crippen molar-refractivity contribution in [1.82, 2.24) is 10.2 Å². The van der Waals surface area contributed by atoms with Crippen molar-refractivity contribution >= 4 is 21.6 Å². The fraction of sp³-hybridized carbons (Fsp3) is 0.611. The molecule has 0 saturated carbocycles. The standard InChI is InChI=1S/C18H29N3O3S/c1-15-8-6-9-16(2)18(15)21(25(3,23)24)14-17(22)19-10-7-13-20-11-4-5-12-20/h6,8-9H,4-5,7,10-14H2,1-3H3,(H,19,22). The fourth-order valence-electron chi connectivity index (χ4n) is 3.28. The number of amides is 1. The second-order valence-corrected chi connectivity index (χ2v) is 8.67. The van der Waals surface area contributed by atoms with Gasteiger partial charge < -0.3 is 10.2 Å². The van der Waals surface area contributed by atoms with Gasteiger partial charge in [0.25, 0.3) is 0 Å². The van der Waals surface area contributed by atoms with Crippen LogP contribution >= 0.6 is 0 Å². The minimum absolute atomic E-state index is 0.186. The SMILES string of the molecule is Cc1cccc(C)c1N(CC(=O)NCCCN1CCCC1)S(C)(=O)=O. The summed E-state index contributed by atoms with van der Waals surface area (Å²) in [5.41, 5.74) is 2.27. The van der Waals surface area contributed by atoms with E-state index < -0.39 is 10.0 Å². The molecule has 1 aliphatic heterocycles. The molecule has 1 aliphatic rings. The largest absolute Gasteiger partial charge is 0.354 e. The molecule has 1 fully saturated rings. The maximum absolute atomic E-state index is 12.3. The second kappa shape index (κ2) is 8.67. The fourth-order valence-corrected chi connectivity index (χ4v) is 4.26. The van der Waals surface area contributed by atoms with Crippen molar-refractivity contribution in [3.63, 3.8) is 0 Å². The number of hydrogen-bond acceptors (Lipinski definition) is 4. The summed E-state index contributed by atoms with van der Waals surface area (Å²) in [5, 5.41) is 2.85. The Bertz CT molecular complexity index is 677. The summed E-state index contributed by atoms with van der Waals surface area (Å²) in [6.07, 6.45) is 4.53. The first kappa shape index (κ1) is 19.7. The zero-order valence-corrected chi connectivity index (χ0v) is 16.2. The van der Waals surface area contributed by atoms with E-state index in [1.807, 2.05) is 32.0 Å². The lowest BCUT2D eigenvalue weighted by atomic mass is 10.1. The van der Waals surface area contributed by atoms with Crippen molar-refractivity contribution < 1.29 is 13.2 Å². The first-order valence-electron chi connectivity index (χ1n) is 8.82. The Labute approximate surface area is 151 Å². The number of sulfonamides is 1. The number of nitrogens with zero attached hydrogens (tertiary/aromatic N) is 2. The third-order valence-corrected chi connectivity index (χ3v) is 5.66. The predicted molar refractivity (Wildman–Crippen MR) is 101 cm³/mol. The number of carbonyl (C=O) groups is 1. The van der Waals surface area contributed by atoms with Crippen molar-refractivity contribution in [3.05, 3.63) is 29.3 Å². The topological polar surface area (TPSA) is 69.7 Å².